The summed E-state index contributed by atoms with van der Waals surface area (Å²) < 4.78 is 0. The van der Waals surface area contributed by atoms with Gasteiger partial charge in [0.2, 0.25) is 0 Å². The lowest BCUT2D eigenvalue weighted by atomic mass is 9.92. The van der Waals surface area contributed by atoms with Crippen LogP contribution in [0, 0.1) is 0 Å². The van der Waals surface area contributed by atoms with Crippen molar-refractivity contribution in [3.63, 3.8) is 0 Å². The summed E-state index contributed by atoms with van der Waals surface area (Å²) in [6.45, 7) is 11.5. The van der Waals surface area contributed by atoms with Crippen molar-refractivity contribution in [3.8, 4) is 0 Å². The van der Waals surface area contributed by atoms with Gasteiger partial charge < -0.3 is 4.90 Å². The highest BCUT2D eigenvalue weighted by atomic mass is 15.1. The molecule has 0 radical (unpaired) electrons. The first kappa shape index (κ1) is 17.2. The van der Waals surface area contributed by atoms with Gasteiger partial charge in [0.1, 0.15) is 0 Å². The Morgan fingerprint density at radius 2 is 1.35 bits per heavy atom. The lowest BCUT2D eigenvalue weighted by molar-refractivity contribution is 0.222. The molecule has 0 aromatic heterocycles. The molecule has 20 heavy (non-hydrogen) atoms. The van der Waals surface area contributed by atoms with Crippen LogP contribution < -0.4 is 0 Å². The lowest BCUT2D eigenvalue weighted by Crippen LogP contribution is -2.32. The SMILES string of the molecule is CCCN(CCC)C(C)C.c1ccc2c(c1)CCCC2. The lowest BCUT2D eigenvalue weighted by Gasteiger charge is -2.24. The maximum atomic E-state index is 2.53. The van der Waals surface area contributed by atoms with Crippen LogP contribution in [-0.4, -0.2) is 24.0 Å². The van der Waals surface area contributed by atoms with Crippen LogP contribution in [0.4, 0.5) is 0 Å². The minimum atomic E-state index is 0.722. The molecule has 0 saturated heterocycles. The van der Waals surface area contributed by atoms with E-state index in [0.717, 1.165) is 6.04 Å². The van der Waals surface area contributed by atoms with Crippen LogP contribution in [0.5, 0.6) is 0 Å². The van der Waals surface area contributed by atoms with Crippen LogP contribution in [0.25, 0.3) is 0 Å². The molecule has 1 nitrogen and oxygen atoms in total. The summed E-state index contributed by atoms with van der Waals surface area (Å²) >= 11 is 0. The van der Waals surface area contributed by atoms with Crippen molar-refractivity contribution in [2.75, 3.05) is 13.1 Å². The molecule has 0 spiro atoms. The van der Waals surface area contributed by atoms with Crippen LogP contribution in [-0.2, 0) is 12.8 Å². The molecule has 0 heterocycles. The fourth-order valence-corrected chi connectivity index (χ4v) is 2.88. The summed E-state index contributed by atoms with van der Waals surface area (Å²) in [6, 6.07) is 9.52. The molecule has 2 rings (SSSR count). The molecule has 0 unspecified atom stereocenters. The zero-order chi connectivity index (χ0) is 14.8. The van der Waals surface area contributed by atoms with Crippen molar-refractivity contribution < 1.29 is 0 Å². The normalized spacial score (nSPS) is 13.9. The average molecular weight is 275 g/mol. The van der Waals surface area contributed by atoms with Gasteiger partial charge in [-0.25, -0.2) is 0 Å². The van der Waals surface area contributed by atoms with E-state index in [4.69, 9.17) is 0 Å². The van der Waals surface area contributed by atoms with Crippen molar-refractivity contribution in [2.45, 2.75) is 72.3 Å². The summed E-state index contributed by atoms with van der Waals surface area (Å²) in [5.41, 5.74) is 3.16. The Kier molecular flexibility index (Phi) is 8.60. The van der Waals surface area contributed by atoms with Gasteiger partial charge in [0, 0.05) is 6.04 Å². The predicted molar refractivity (Wildman–Crippen MR) is 90.4 cm³/mol. The Morgan fingerprint density at radius 1 is 0.900 bits per heavy atom. The van der Waals surface area contributed by atoms with E-state index in [2.05, 4.69) is 56.9 Å². The van der Waals surface area contributed by atoms with Crippen molar-refractivity contribution in [1.29, 1.82) is 0 Å². The molecule has 0 fully saturated rings. The first-order valence-electron chi connectivity index (χ1n) is 8.49. The third-order valence-corrected chi connectivity index (χ3v) is 4.01. The highest BCUT2D eigenvalue weighted by Gasteiger charge is 2.06. The van der Waals surface area contributed by atoms with Gasteiger partial charge in [0.15, 0.2) is 0 Å². The third kappa shape index (κ3) is 6.09. The van der Waals surface area contributed by atoms with Crippen LogP contribution in [0.3, 0.4) is 0 Å². The number of hydrogen-bond acceptors (Lipinski definition) is 1. The fraction of sp³-hybridized carbons (Fsp3) is 0.684. The van der Waals surface area contributed by atoms with E-state index in [1.54, 1.807) is 11.1 Å². The Morgan fingerprint density at radius 3 is 1.70 bits per heavy atom. The molecular formula is C19H33N. The Bertz CT molecular complexity index is 326. The van der Waals surface area contributed by atoms with E-state index in [1.807, 2.05) is 0 Å². The largest absolute Gasteiger partial charge is 0.301 e. The number of fused-ring (bicyclic) bond motifs is 1. The summed E-state index contributed by atoms with van der Waals surface area (Å²) in [7, 11) is 0. The van der Waals surface area contributed by atoms with Gasteiger partial charge in [-0.3, -0.25) is 0 Å². The molecule has 0 saturated carbocycles. The molecule has 0 amide bonds. The van der Waals surface area contributed by atoms with Crippen LogP contribution in [0.15, 0.2) is 24.3 Å². The maximum absolute atomic E-state index is 2.53. The maximum Gasteiger partial charge on any atom is 0.00385 e. The van der Waals surface area contributed by atoms with E-state index in [0.29, 0.717) is 0 Å². The second kappa shape index (κ2) is 9.99. The second-order valence-corrected chi connectivity index (χ2v) is 6.11. The topological polar surface area (TPSA) is 3.24 Å². The Balaban J connectivity index is 0.000000200. The van der Waals surface area contributed by atoms with Crippen molar-refractivity contribution in [3.05, 3.63) is 35.4 Å². The summed E-state index contributed by atoms with van der Waals surface area (Å²) in [5, 5.41) is 0. The summed E-state index contributed by atoms with van der Waals surface area (Å²) in [5.74, 6) is 0. The van der Waals surface area contributed by atoms with Gasteiger partial charge in [-0.2, -0.15) is 0 Å². The van der Waals surface area contributed by atoms with Gasteiger partial charge in [0.25, 0.3) is 0 Å². The van der Waals surface area contributed by atoms with Crippen molar-refractivity contribution >= 4 is 0 Å². The molecule has 1 aliphatic carbocycles. The number of rotatable bonds is 5. The van der Waals surface area contributed by atoms with E-state index in [-0.39, 0.29) is 0 Å². The summed E-state index contributed by atoms with van der Waals surface area (Å²) in [4.78, 5) is 2.53. The van der Waals surface area contributed by atoms with Gasteiger partial charge in [-0.05, 0) is 76.6 Å². The highest BCUT2D eigenvalue weighted by molar-refractivity contribution is 5.28. The Hall–Kier alpha value is -0.820. The zero-order valence-electron chi connectivity index (χ0n) is 14.0. The van der Waals surface area contributed by atoms with Gasteiger partial charge in [0.05, 0.1) is 0 Å². The molecule has 1 aromatic rings. The van der Waals surface area contributed by atoms with Gasteiger partial charge in [-0.1, -0.05) is 38.1 Å². The molecule has 0 bridgehead atoms. The Labute approximate surface area is 126 Å². The van der Waals surface area contributed by atoms with Gasteiger partial charge in [-0.15, -0.1) is 0 Å². The molecule has 0 aliphatic heterocycles. The first-order valence-corrected chi connectivity index (χ1v) is 8.49. The van der Waals surface area contributed by atoms with Gasteiger partial charge >= 0.3 is 0 Å². The smallest absolute Gasteiger partial charge is 0.00385 e. The number of aryl methyl sites for hydroxylation is 2. The molecule has 114 valence electrons. The van der Waals surface area contributed by atoms with Crippen molar-refractivity contribution in [2.24, 2.45) is 0 Å². The first-order chi connectivity index (χ1) is 9.69. The number of nitrogens with zero attached hydrogens (tertiary/aromatic N) is 1. The van der Waals surface area contributed by atoms with E-state index >= 15 is 0 Å². The predicted octanol–water partition coefficient (Wildman–Crippen LogP) is 5.08. The molecule has 1 aliphatic rings. The number of benzene rings is 1. The third-order valence-electron chi connectivity index (χ3n) is 4.01. The van der Waals surface area contributed by atoms with Crippen LogP contribution in [0.2, 0.25) is 0 Å². The van der Waals surface area contributed by atoms with Crippen molar-refractivity contribution in [1.82, 2.24) is 4.90 Å². The second-order valence-electron chi connectivity index (χ2n) is 6.11. The number of hydrogen-bond donors (Lipinski definition) is 0. The van der Waals surface area contributed by atoms with E-state index in [1.165, 1.54) is 51.6 Å². The molecular weight excluding hydrogens is 242 g/mol. The zero-order valence-corrected chi connectivity index (χ0v) is 14.0. The minimum absolute atomic E-state index is 0.722. The standard InChI is InChI=1S/C10H12.C9H21N/c1-2-6-10-8-4-3-7-9(10)5-1;1-5-7-10(8-6-2)9(3)4/h1-2,5-6H,3-4,7-8H2;9H,5-8H2,1-4H3. The highest BCUT2D eigenvalue weighted by Crippen LogP contribution is 2.19. The quantitative estimate of drug-likeness (QED) is 0.724. The molecule has 1 heteroatoms. The van der Waals surface area contributed by atoms with Crippen LogP contribution in [0.1, 0.15) is 64.5 Å². The average Bonchev–Trinajstić information content (AvgIpc) is 2.48. The minimum Gasteiger partial charge on any atom is -0.301 e. The molecule has 0 atom stereocenters. The van der Waals surface area contributed by atoms with E-state index in [9.17, 15) is 0 Å². The van der Waals surface area contributed by atoms with Crippen LogP contribution >= 0.6 is 0 Å². The summed E-state index contributed by atoms with van der Waals surface area (Å²) in [6.07, 6.45) is 7.93. The molecule has 0 N–H and O–H groups in total. The molecule has 1 aromatic carbocycles. The fourth-order valence-electron chi connectivity index (χ4n) is 2.88. The monoisotopic (exact) mass is 275 g/mol. The van der Waals surface area contributed by atoms with E-state index < -0.39 is 0 Å².